The molecule has 1 aliphatic rings. The molecule has 1 aromatic rings. The van der Waals surface area contributed by atoms with Crippen molar-refractivity contribution in [1.82, 2.24) is 10.2 Å². The quantitative estimate of drug-likeness (QED) is 0.799. The SMILES string of the molecule is CNC(CN(C)CC1CCC1)(C(=O)O)c1ccccc1. The van der Waals surface area contributed by atoms with E-state index >= 15 is 0 Å². The molecule has 1 atom stereocenters. The van der Waals surface area contributed by atoms with Gasteiger partial charge in [-0.05, 0) is 38.4 Å². The van der Waals surface area contributed by atoms with Crippen LogP contribution in [-0.2, 0) is 10.3 Å². The first-order valence-electron chi connectivity index (χ1n) is 7.25. The minimum atomic E-state index is -1.04. The molecule has 1 saturated carbocycles. The molecule has 1 fully saturated rings. The first-order valence-corrected chi connectivity index (χ1v) is 7.25. The van der Waals surface area contributed by atoms with Crippen molar-refractivity contribution >= 4 is 5.97 Å². The van der Waals surface area contributed by atoms with E-state index in [4.69, 9.17) is 0 Å². The molecule has 0 spiro atoms. The molecule has 4 nitrogen and oxygen atoms in total. The van der Waals surface area contributed by atoms with Gasteiger partial charge in [0.05, 0.1) is 0 Å². The first-order chi connectivity index (χ1) is 9.58. The Hall–Kier alpha value is -1.39. The maximum atomic E-state index is 11.9. The number of aliphatic carboxylic acids is 1. The average molecular weight is 276 g/mol. The van der Waals surface area contributed by atoms with Crippen molar-refractivity contribution in [2.75, 3.05) is 27.2 Å². The Morgan fingerprint density at radius 3 is 2.50 bits per heavy atom. The predicted molar refractivity (Wildman–Crippen MR) is 79.7 cm³/mol. The molecule has 1 unspecified atom stereocenters. The topological polar surface area (TPSA) is 52.6 Å². The van der Waals surface area contributed by atoms with Crippen LogP contribution in [0, 0.1) is 5.92 Å². The lowest BCUT2D eigenvalue weighted by molar-refractivity contribution is -0.146. The number of hydrogen-bond acceptors (Lipinski definition) is 3. The molecule has 1 aliphatic carbocycles. The maximum absolute atomic E-state index is 11.9. The van der Waals surface area contributed by atoms with Crippen molar-refractivity contribution in [3.63, 3.8) is 0 Å². The third-order valence-electron chi connectivity index (χ3n) is 4.36. The Bertz CT molecular complexity index is 445. The van der Waals surface area contributed by atoms with Gasteiger partial charge in [-0.25, -0.2) is 4.79 Å². The minimum Gasteiger partial charge on any atom is -0.480 e. The molecular weight excluding hydrogens is 252 g/mol. The smallest absolute Gasteiger partial charge is 0.329 e. The van der Waals surface area contributed by atoms with E-state index in [1.165, 1.54) is 19.3 Å². The summed E-state index contributed by atoms with van der Waals surface area (Å²) in [6, 6.07) is 9.43. The van der Waals surface area contributed by atoms with Gasteiger partial charge in [-0.15, -0.1) is 0 Å². The fourth-order valence-corrected chi connectivity index (χ4v) is 2.92. The summed E-state index contributed by atoms with van der Waals surface area (Å²) in [5.74, 6) is -0.0919. The molecule has 0 bridgehead atoms. The number of carboxylic acid groups (broad SMARTS) is 1. The maximum Gasteiger partial charge on any atom is 0.329 e. The lowest BCUT2D eigenvalue weighted by Gasteiger charge is -2.36. The van der Waals surface area contributed by atoms with E-state index in [0.29, 0.717) is 6.54 Å². The van der Waals surface area contributed by atoms with E-state index in [0.717, 1.165) is 18.0 Å². The molecule has 110 valence electrons. The summed E-state index contributed by atoms with van der Waals surface area (Å²) in [7, 11) is 3.73. The summed E-state index contributed by atoms with van der Waals surface area (Å²) in [6.07, 6.45) is 3.86. The van der Waals surface area contributed by atoms with Gasteiger partial charge in [0, 0.05) is 13.1 Å². The molecule has 0 saturated heterocycles. The molecule has 0 aromatic heterocycles. The highest BCUT2D eigenvalue weighted by Gasteiger charge is 2.40. The van der Waals surface area contributed by atoms with Crippen LogP contribution >= 0.6 is 0 Å². The molecule has 2 N–H and O–H groups in total. The Morgan fingerprint density at radius 1 is 1.40 bits per heavy atom. The number of likely N-dealkylation sites (N-methyl/N-ethyl adjacent to an activating group) is 2. The van der Waals surface area contributed by atoms with Crippen molar-refractivity contribution in [2.24, 2.45) is 5.92 Å². The van der Waals surface area contributed by atoms with Crippen LogP contribution in [0.1, 0.15) is 24.8 Å². The Morgan fingerprint density at radius 2 is 2.05 bits per heavy atom. The molecule has 20 heavy (non-hydrogen) atoms. The molecule has 1 aromatic carbocycles. The molecule has 4 heteroatoms. The van der Waals surface area contributed by atoms with Gasteiger partial charge in [-0.2, -0.15) is 0 Å². The summed E-state index contributed by atoms with van der Waals surface area (Å²) in [4.78, 5) is 14.0. The molecule has 0 aliphatic heterocycles. The van der Waals surface area contributed by atoms with Crippen LogP contribution in [0.5, 0.6) is 0 Å². The van der Waals surface area contributed by atoms with Crippen LogP contribution in [0.4, 0.5) is 0 Å². The van der Waals surface area contributed by atoms with Crippen molar-refractivity contribution in [1.29, 1.82) is 0 Å². The zero-order valence-corrected chi connectivity index (χ0v) is 12.3. The minimum absolute atomic E-state index is 0.472. The first kappa shape index (κ1) is 15.0. The number of nitrogens with zero attached hydrogens (tertiary/aromatic N) is 1. The highest BCUT2D eigenvalue weighted by molar-refractivity contribution is 5.81. The third kappa shape index (κ3) is 3.02. The lowest BCUT2D eigenvalue weighted by atomic mass is 9.84. The van der Waals surface area contributed by atoms with Crippen LogP contribution in [0.25, 0.3) is 0 Å². The Balaban J connectivity index is 2.16. The summed E-state index contributed by atoms with van der Waals surface area (Å²) < 4.78 is 0. The van der Waals surface area contributed by atoms with Gasteiger partial charge in [-0.3, -0.25) is 0 Å². The third-order valence-corrected chi connectivity index (χ3v) is 4.36. The van der Waals surface area contributed by atoms with Crippen LogP contribution in [0.3, 0.4) is 0 Å². The second-order valence-corrected chi connectivity index (χ2v) is 5.82. The van der Waals surface area contributed by atoms with Crippen LogP contribution in [-0.4, -0.2) is 43.2 Å². The molecule has 0 radical (unpaired) electrons. The van der Waals surface area contributed by atoms with Gasteiger partial charge in [0.15, 0.2) is 5.54 Å². The van der Waals surface area contributed by atoms with E-state index in [9.17, 15) is 9.90 Å². The second kappa shape index (κ2) is 6.37. The number of nitrogens with one attached hydrogen (secondary N) is 1. The van der Waals surface area contributed by atoms with Gasteiger partial charge in [0.25, 0.3) is 0 Å². The monoisotopic (exact) mass is 276 g/mol. The predicted octanol–water partition coefficient (Wildman–Crippen LogP) is 1.92. The van der Waals surface area contributed by atoms with Gasteiger partial charge < -0.3 is 15.3 Å². The van der Waals surface area contributed by atoms with Crippen LogP contribution in [0.15, 0.2) is 30.3 Å². The van der Waals surface area contributed by atoms with Gasteiger partial charge in [0.1, 0.15) is 0 Å². The Labute approximate surface area is 120 Å². The van der Waals surface area contributed by atoms with E-state index in [2.05, 4.69) is 10.2 Å². The highest BCUT2D eigenvalue weighted by Crippen LogP contribution is 2.28. The number of carboxylic acids is 1. The standard InChI is InChI=1S/C16H24N2O2/c1-17-16(15(19)20,14-9-4-3-5-10-14)12-18(2)11-13-7-6-8-13/h3-5,9-10,13,17H,6-8,11-12H2,1-2H3,(H,19,20). The van der Waals surface area contributed by atoms with Gasteiger partial charge in [-0.1, -0.05) is 36.8 Å². The number of carbonyl (C=O) groups is 1. The summed E-state index contributed by atoms with van der Waals surface area (Å²) in [5, 5.41) is 12.8. The van der Waals surface area contributed by atoms with E-state index in [1.54, 1.807) is 7.05 Å². The van der Waals surface area contributed by atoms with E-state index < -0.39 is 11.5 Å². The average Bonchev–Trinajstić information content (AvgIpc) is 2.41. The van der Waals surface area contributed by atoms with E-state index in [1.807, 2.05) is 37.4 Å². The zero-order valence-electron chi connectivity index (χ0n) is 12.3. The number of benzene rings is 1. The number of hydrogen-bond donors (Lipinski definition) is 2. The van der Waals surface area contributed by atoms with Crippen LogP contribution < -0.4 is 5.32 Å². The van der Waals surface area contributed by atoms with Crippen molar-refractivity contribution < 1.29 is 9.90 Å². The second-order valence-electron chi connectivity index (χ2n) is 5.82. The molecule has 0 amide bonds. The lowest BCUT2D eigenvalue weighted by Crippen LogP contribution is -2.55. The molecule has 0 heterocycles. The van der Waals surface area contributed by atoms with Gasteiger partial charge in [0.2, 0.25) is 0 Å². The van der Waals surface area contributed by atoms with E-state index in [-0.39, 0.29) is 0 Å². The van der Waals surface area contributed by atoms with Crippen molar-refractivity contribution in [3.8, 4) is 0 Å². The largest absolute Gasteiger partial charge is 0.480 e. The summed E-state index contributed by atoms with van der Waals surface area (Å²) in [6.45, 7) is 1.45. The highest BCUT2D eigenvalue weighted by atomic mass is 16.4. The molecule has 2 rings (SSSR count). The van der Waals surface area contributed by atoms with Crippen LogP contribution in [0.2, 0.25) is 0 Å². The van der Waals surface area contributed by atoms with Gasteiger partial charge >= 0.3 is 5.97 Å². The molecular formula is C16H24N2O2. The zero-order chi connectivity index (χ0) is 14.6. The van der Waals surface area contributed by atoms with Crippen molar-refractivity contribution in [3.05, 3.63) is 35.9 Å². The number of rotatable bonds is 7. The Kier molecular flexibility index (Phi) is 4.78. The fourth-order valence-electron chi connectivity index (χ4n) is 2.92. The van der Waals surface area contributed by atoms with Crippen molar-refractivity contribution in [2.45, 2.75) is 24.8 Å². The normalized spacial score (nSPS) is 18.6. The summed E-state index contributed by atoms with van der Waals surface area (Å²) >= 11 is 0. The fraction of sp³-hybridized carbons (Fsp3) is 0.562. The summed E-state index contributed by atoms with van der Waals surface area (Å²) in [5.41, 5.74) is -0.241.